The lowest BCUT2D eigenvalue weighted by Gasteiger charge is -2.18. The lowest BCUT2D eigenvalue weighted by atomic mass is 10.1. The molecule has 0 heterocycles. The third-order valence-electron chi connectivity index (χ3n) is 3.67. The first-order valence-corrected chi connectivity index (χ1v) is 7.82. The fraction of sp³-hybridized carbons (Fsp3) is 0.500. The van der Waals surface area contributed by atoms with Crippen molar-refractivity contribution in [1.29, 1.82) is 0 Å². The lowest BCUT2D eigenvalue weighted by Crippen LogP contribution is -2.40. The summed E-state index contributed by atoms with van der Waals surface area (Å²) in [6.07, 6.45) is -8.32. The minimum absolute atomic E-state index is 0.0387. The highest BCUT2D eigenvalue weighted by Crippen LogP contribution is 2.38. The van der Waals surface area contributed by atoms with Crippen LogP contribution in [0.5, 0.6) is 5.75 Å². The summed E-state index contributed by atoms with van der Waals surface area (Å²) in [5.41, 5.74) is -3.09. The summed E-state index contributed by atoms with van der Waals surface area (Å²) in [4.78, 5) is 24.5. The molecule has 0 radical (unpaired) electrons. The number of nitrogens with one attached hydrogen (secondary N) is 1. The maximum atomic E-state index is 12.8. The van der Waals surface area contributed by atoms with Gasteiger partial charge >= 0.3 is 12.4 Å². The van der Waals surface area contributed by atoms with E-state index in [-0.39, 0.29) is 18.7 Å². The minimum atomic E-state index is -5.01. The number of hydrogen-bond donors (Lipinski definition) is 1. The van der Waals surface area contributed by atoms with Crippen molar-refractivity contribution in [3.05, 3.63) is 29.3 Å². The van der Waals surface area contributed by atoms with E-state index in [9.17, 15) is 35.9 Å². The molecule has 0 aromatic heterocycles. The number of alkyl halides is 6. The van der Waals surface area contributed by atoms with Crippen LogP contribution in [0.3, 0.4) is 0 Å². The first kappa shape index (κ1) is 20.8. The van der Waals surface area contributed by atoms with E-state index in [0.29, 0.717) is 12.1 Å². The lowest BCUT2D eigenvalue weighted by molar-refractivity contribution is -0.143. The van der Waals surface area contributed by atoms with Gasteiger partial charge in [-0.05, 0) is 31.0 Å². The molecule has 150 valence electrons. The molecule has 0 unspecified atom stereocenters. The topological polar surface area (TPSA) is 58.6 Å². The Bertz CT molecular complexity index is 681. The van der Waals surface area contributed by atoms with Crippen molar-refractivity contribution in [2.75, 3.05) is 20.2 Å². The highest BCUT2D eigenvalue weighted by molar-refractivity contribution is 5.85. The van der Waals surface area contributed by atoms with Gasteiger partial charge in [0.25, 0.3) is 5.91 Å². The molecule has 2 rings (SSSR count). The Morgan fingerprint density at radius 1 is 1.07 bits per heavy atom. The molecule has 0 saturated heterocycles. The molecule has 11 heteroatoms. The number of benzene rings is 1. The second-order valence-corrected chi connectivity index (χ2v) is 6.12. The maximum Gasteiger partial charge on any atom is 0.416 e. The second-order valence-electron chi connectivity index (χ2n) is 6.12. The van der Waals surface area contributed by atoms with Crippen molar-refractivity contribution in [3.8, 4) is 5.75 Å². The smallest absolute Gasteiger partial charge is 0.416 e. The van der Waals surface area contributed by atoms with Gasteiger partial charge in [0.2, 0.25) is 5.91 Å². The fourth-order valence-electron chi connectivity index (χ4n) is 2.07. The van der Waals surface area contributed by atoms with Gasteiger partial charge in [-0.3, -0.25) is 9.59 Å². The largest absolute Gasteiger partial charge is 0.484 e. The third kappa shape index (κ3) is 6.33. The van der Waals surface area contributed by atoms with Gasteiger partial charge in [-0.15, -0.1) is 0 Å². The number of hydrogen-bond acceptors (Lipinski definition) is 3. The van der Waals surface area contributed by atoms with Crippen LogP contribution in [0.4, 0.5) is 26.3 Å². The second kappa shape index (κ2) is 7.65. The molecule has 0 aliphatic heterocycles. The van der Waals surface area contributed by atoms with Crippen LogP contribution in [0, 0.1) is 0 Å². The molecule has 1 aromatic carbocycles. The average Bonchev–Trinajstić information content (AvgIpc) is 3.34. The standard InChI is InChI=1S/C16H16F6N2O3/c1-24(7-13(25)23-11-2-3-11)14(26)8-27-12-5-9(15(17,18)19)4-10(6-12)16(20,21)22/h4-6,11H,2-3,7-8H2,1H3,(H,23,25). The van der Waals surface area contributed by atoms with E-state index in [2.05, 4.69) is 5.32 Å². The number of likely N-dealkylation sites (N-methyl/N-ethyl adjacent to an activating group) is 1. The van der Waals surface area contributed by atoms with Crippen molar-refractivity contribution in [2.45, 2.75) is 31.2 Å². The molecule has 1 saturated carbocycles. The number of rotatable bonds is 6. The van der Waals surface area contributed by atoms with Crippen LogP contribution in [0.15, 0.2) is 18.2 Å². The Hall–Kier alpha value is -2.46. The average molecular weight is 398 g/mol. The van der Waals surface area contributed by atoms with Crippen LogP contribution in [-0.4, -0.2) is 43.0 Å². The number of halogens is 6. The van der Waals surface area contributed by atoms with E-state index < -0.39 is 47.7 Å². The fourth-order valence-corrected chi connectivity index (χ4v) is 2.07. The van der Waals surface area contributed by atoms with Gasteiger partial charge in [-0.2, -0.15) is 26.3 Å². The van der Waals surface area contributed by atoms with E-state index in [4.69, 9.17) is 4.74 Å². The van der Waals surface area contributed by atoms with Gasteiger partial charge in [-0.25, -0.2) is 0 Å². The number of ether oxygens (including phenoxy) is 1. The van der Waals surface area contributed by atoms with Gasteiger partial charge in [0.15, 0.2) is 6.61 Å². The Morgan fingerprint density at radius 2 is 1.59 bits per heavy atom. The van der Waals surface area contributed by atoms with E-state index in [1.54, 1.807) is 0 Å². The zero-order chi connectivity index (χ0) is 20.4. The van der Waals surface area contributed by atoms with Crippen LogP contribution in [0.2, 0.25) is 0 Å². The van der Waals surface area contributed by atoms with Gasteiger partial charge in [-0.1, -0.05) is 0 Å². The number of carbonyl (C=O) groups is 2. The van der Waals surface area contributed by atoms with E-state index in [1.165, 1.54) is 7.05 Å². The van der Waals surface area contributed by atoms with Gasteiger partial charge in [0.1, 0.15) is 5.75 Å². The molecule has 2 amide bonds. The summed E-state index contributed by atoms with van der Waals surface area (Å²) in [6.45, 7) is -1.11. The predicted octanol–water partition coefficient (Wildman–Crippen LogP) is 2.84. The predicted molar refractivity (Wildman–Crippen MR) is 80.7 cm³/mol. The first-order valence-electron chi connectivity index (χ1n) is 7.82. The van der Waals surface area contributed by atoms with E-state index in [1.807, 2.05) is 0 Å². The van der Waals surface area contributed by atoms with Crippen LogP contribution in [-0.2, 0) is 21.9 Å². The summed E-state index contributed by atoms with van der Waals surface area (Å²) in [5.74, 6) is -1.93. The summed E-state index contributed by atoms with van der Waals surface area (Å²) >= 11 is 0. The maximum absolute atomic E-state index is 12.8. The molecule has 1 fully saturated rings. The zero-order valence-corrected chi connectivity index (χ0v) is 14.1. The van der Waals surface area contributed by atoms with Crippen LogP contribution < -0.4 is 10.1 Å². The molecule has 0 bridgehead atoms. The van der Waals surface area contributed by atoms with Crippen LogP contribution >= 0.6 is 0 Å². The van der Waals surface area contributed by atoms with Gasteiger partial charge in [0, 0.05) is 13.1 Å². The summed E-state index contributed by atoms with van der Waals surface area (Å²) < 4.78 is 81.5. The quantitative estimate of drug-likeness (QED) is 0.750. The summed E-state index contributed by atoms with van der Waals surface area (Å²) in [5, 5.41) is 2.64. The molecule has 1 aliphatic carbocycles. The Labute approximate surface area is 150 Å². The van der Waals surface area contributed by atoms with E-state index >= 15 is 0 Å². The third-order valence-corrected chi connectivity index (χ3v) is 3.67. The van der Waals surface area contributed by atoms with Crippen LogP contribution in [0.25, 0.3) is 0 Å². The number of carbonyl (C=O) groups excluding carboxylic acids is 2. The number of amides is 2. The van der Waals surface area contributed by atoms with E-state index in [0.717, 1.165) is 17.7 Å². The number of nitrogens with zero attached hydrogens (tertiary/aromatic N) is 1. The molecule has 1 aromatic rings. The molecule has 27 heavy (non-hydrogen) atoms. The molecular formula is C16H16F6N2O3. The zero-order valence-electron chi connectivity index (χ0n) is 14.1. The van der Waals surface area contributed by atoms with Crippen molar-refractivity contribution < 1.29 is 40.7 Å². The highest BCUT2D eigenvalue weighted by atomic mass is 19.4. The minimum Gasteiger partial charge on any atom is -0.484 e. The van der Waals surface area contributed by atoms with Crippen molar-refractivity contribution in [1.82, 2.24) is 10.2 Å². The molecule has 5 nitrogen and oxygen atoms in total. The van der Waals surface area contributed by atoms with Crippen LogP contribution in [0.1, 0.15) is 24.0 Å². The Morgan fingerprint density at radius 3 is 2.04 bits per heavy atom. The van der Waals surface area contributed by atoms with Gasteiger partial charge in [0.05, 0.1) is 17.7 Å². The normalized spacial score (nSPS) is 14.6. The molecular weight excluding hydrogens is 382 g/mol. The molecule has 0 spiro atoms. The Kier molecular flexibility index (Phi) is 5.91. The summed E-state index contributed by atoms with van der Waals surface area (Å²) in [6, 6.07) is 0.802. The molecule has 1 aliphatic rings. The monoisotopic (exact) mass is 398 g/mol. The molecule has 0 atom stereocenters. The van der Waals surface area contributed by atoms with Crippen molar-refractivity contribution in [2.24, 2.45) is 0 Å². The van der Waals surface area contributed by atoms with Crippen molar-refractivity contribution in [3.63, 3.8) is 0 Å². The first-order chi connectivity index (χ1) is 12.4. The highest BCUT2D eigenvalue weighted by Gasteiger charge is 2.37. The Balaban J connectivity index is 2.02. The molecule has 1 N–H and O–H groups in total. The SMILES string of the molecule is CN(CC(=O)NC1CC1)C(=O)COc1cc(C(F)(F)F)cc(C(F)(F)F)c1. The summed E-state index contributed by atoms with van der Waals surface area (Å²) in [7, 11) is 1.27. The van der Waals surface area contributed by atoms with Gasteiger partial charge < -0.3 is 15.0 Å². The van der Waals surface area contributed by atoms with Crippen molar-refractivity contribution >= 4 is 11.8 Å².